The third kappa shape index (κ3) is 2.37. The minimum absolute atomic E-state index is 0.134. The summed E-state index contributed by atoms with van der Waals surface area (Å²) in [4.78, 5) is 11.6. The Kier molecular flexibility index (Phi) is 2.27. The first kappa shape index (κ1) is 9.31. The molecule has 3 nitrogen and oxygen atoms in total. The molecule has 1 aliphatic heterocycles. The van der Waals surface area contributed by atoms with E-state index < -0.39 is 24.5 Å². The van der Waals surface area contributed by atoms with Gasteiger partial charge in [-0.25, -0.2) is 0 Å². The van der Waals surface area contributed by atoms with Crippen molar-refractivity contribution in [3.63, 3.8) is 0 Å². The van der Waals surface area contributed by atoms with Crippen LogP contribution in [0.15, 0.2) is 0 Å². The third-order valence-electron chi connectivity index (χ3n) is 1.76. The van der Waals surface area contributed by atoms with E-state index in [2.05, 4.69) is 0 Å². The molecule has 1 amide bonds. The van der Waals surface area contributed by atoms with Crippen LogP contribution in [0.5, 0.6) is 0 Å². The molecule has 0 unspecified atom stereocenters. The summed E-state index contributed by atoms with van der Waals surface area (Å²) in [6, 6.07) is 0. The molecule has 0 spiro atoms. The van der Waals surface area contributed by atoms with Crippen molar-refractivity contribution >= 4 is 5.91 Å². The van der Waals surface area contributed by atoms with Gasteiger partial charge in [0.15, 0.2) is 0 Å². The quantitative estimate of drug-likeness (QED) is 0.651. The van der Waals surface area contributed by atoms with Crippen LogP contribution in [0.25, 0.3) is 0 Å². The molecular weight excluding hydrogens is 173 g/mol. The van der Waals surface area contributed by atoms with E-state index in [1.54, 1.807) is 0 Å². The maximum atomic E-state index is 11.7. The molecule has 1 fully saturated rings. The lowest BCUT2D eigenvalue weighted by Crippen LogP contribution is -2.54. The van der Waals surface area contributed by atoms with E-state index in [1.165, 1.54) is 0 Å². The molecule has 12 heavy (non-hydrogen) atoms. The number of carbonyl (C=O) groups is 1. The Labute approximate surface area is 67.3 Å². The molecule has 0 bridgehead atoms. The predicted molar refractivity (Wildman–Crippen MR) is 35.2 cm³/mol. The van der Waals surface area contributed by atoms with Crippen LogP contribution in [0.3, 0.4) is 0 Å². The number of nitrogens with two attached hydrogens (primary N) is 1. The highest BCUT2D eigenvalue weighted by molar-refractivity contribution is 5.78. The molecule has 6 heteroatoms. The summed E-state index contributed by atoms with van der Waals surface area (Å²) < 4.78 is 35.1. The zero-order chi connectivity index (χ0) is 9.35. The molecule has 1 heterocycles. The monoisotopic (exact) mass is 182 g/mol. The Balaban J connectivity index is 2.22. The second-order valence-corrected chi connectivity index (χ2v) is 2.91. The molecule has 2 N–H and O–H groups in total. The van der Waals surface area contributed by atoms with Crippen LogP contribution < -0.4 is 5.73 Å². The van der Waals surface area contributed by atoms with Gasteiger partial charge in [-0.05, 0) is 0 Å². The molecule has 1 saturated heterocycles. The molecule has 1 rings (SSSR count). The molecule has 0 atom stereocenters. The normalized spacial score (nSPS) is 20.6. The zero-order valence-corrected chi connectivity index (χ0v) is 6.27. The summed E-state index contributed by atoms with van der Waals surface area (Å²) in [5, 5.41) is 0. The fourth-order valence-electron chi connectivity index (χ4n) is 1.13. The molecule has 1 aliphatic rings. The molecule has 0 aliphatic carbocycles. The van der Waals surface area contributed by atoms with Crippen molar-refractivity contribution in [3.05, 3.63) is 0 Å². The summed E-state index contributed by atoms with van der Waals surface area (Å²) in [7, 11) is 0. The Morgan fingerprint density at radius 2 is 2.00 bits per heavy atom. The van der Waals surface area contributed by atoms with Gasteiger partial charge < -0.3 is 5.73 Å². The van der Waals surface area contributed by atoms with Crippen LogP contribution in [0, 0.1) is 5.92 Å². The Morgan fingerprint density at radius 1 is 1.50 bits per heavy atom. The van der Waals surface area contributed by atoms with Gasteiger partial charge in [-0.3, -0.25) is 9.69 Å². The van der Waals surface area contributed by atoms with E-state index in [0.717, 1.165) is 4.90 Å². The highest BCUT2D eigenvalue weighted by Crippen LogP contribution is 2.22. The van der Waals surface area contributed by atoms with Crippen molar-refractivity contribution in [3.8, 4) is 0 Å². The zero-order valence-electron chi connectivity index (χ0n) is 6.27. The smallest absolute Gasteiger partial charge is 0.369 e. The number of primary amides is 1. The average Bonchev–Trinajstić information content (AvgIpc) is 1.74. The highest BCUT2D eigenvalue weighted by Gasteiger charge is 2.38. The van der Waals surface area contributed by atoms with Gasteiger partial charge in [-0.15, -0.1) is 0 Å². The molecule has 70 valence electrons. The number of alkyl halides is 3. The van der Waals surface area contributed by atoms with Crippen LogP contribution in [-0.4, -0.2) is 36.6 Å². The van der Waals surface area contributed by atoms with Crippen LogP contribution in [0.2, 0.25) is 0 Å². The van der Waals surface area contributed by atoms with Gasteiger partial charge in [0.05, 0.1) is 12.5 Å². The number of carbonyl (C=O) groups excluding carboxylic acids is 1. The second kappa shape index (κ2) is 2.93. The molecule has 0 aromatic rings. The minimum Gasteiger partial charge on any atom is -0.369 e. The number of rotatable bonds is 2. The van der Waals surface area contributed by atoms with Gasteiger partial charge in [0, 0.05) is 13.1 Å². The third-order valence-corrected chi connectivity index (χ3v) is 1.76. The van der Waals surface area contributed by atoms with Crippen molar-refractivity contribution in [1.82, 2.24) is 4.90 Å². The lowest BCUT2D eigenvalue weighted by Gasteiger charge is -2.37. The van der Waals surface area contributed by atoms with E-state index >= 15 is 0 Å². The number of hydrogen-bond acceptors (Lipinski definition) is 2. The molecule has 0 aromatic heterocycles. The SMILES string of the molecule is NC(=O)C1CN(CC(F)(F)F)C1. The fourth-order valence-corrected chi connectivity index (χ4v) is 1.13. The minimum atomic E-state index is -4.18. The van der Waals surface area contributed by atoms with Gasteiger partial charge >= 0.3 is 6.18 Å². The summed E-state index contributed by atoms with van der Waals surface area (Å²) in [6.07, 6.45) is -4.18. The van der Waals surface area contributed by atoms with Gasteiger partial charge in [0.2, 0.25) is 5.91 Å². The lowest BCUT2D eigenvalue weighted by atomic mass is 10.00. The predicted octanol–water partition coefficient (Wildman–Crippen LogP) is -0.0342. The maximum absolute atomic E-state index is 11.7. The van der Waals surface area contributed by atoms with E-state index in [9.17, 15) is 18.0 Å². The first-order valence-electron chi connectivity index (χ1n) is 3.47. The first-order valence-corrected chi connectivity index (χ1v) is 3.47. The Hall–Kier alpha value is -0.780. The number of amides is 1. The number of hydrogen-bond donors (Lipinski definition) is 1. The second-order valence-electron chi connectivity index (χ2n) is 2.91. The number of nitrogens with zero attached hydrogens (tertiary/aromatic N) is 1. The number of halogens is 3. The fraction of sp³-hybridized carbons (Fsp3) is 0.833. The van der Waals surface area contributed by atoms with E-state index in [1.807, 2.05) is 0 Å². The largest absolute Gasteiger partial charge is 0.401 e. The summed E-state index contributed by atoms with van der Waals surface area (Å²) in [5.41, 5.74) is 4.88. The van der Waals surface area contributed by atoms with Crippen LogP contribution in [0.1, 0.15) is 0 Å². The summed E-state index contributed by atoms with van der Waals surface area (Å²) >= 11 is 0. The topological polar surface area (TPSA) is 46.3 Å². The highest BCUT2D eigenvalue weighted by atomic mass is 19.4. The number of likely N-dealkylation sites (tertiary alicyclic amines) is 1. The lowest BCUT2D eigenvalue weighted by molar-refractivity contribution is -0.162. The van der Waals surface area contributed by atoms with E-state index in [4.69, 9.17) is 5.73 Å². The van der Waals surface area contributed by atoms with Gasteiger partial charge in [0.1, 0.15) is 0 Å². The van der Waals surface area contributed by atoms with Crippen molar-refractivity contribution in [2.24, 2.45) is 11.7 Å². The van der Waals surface area contributed by atoms with Gasteiger partial charge in [-0.1, -0.05) is 0 Å². The standard InChI is InChI=1S/C6H9F3N2O/c7-6(8,9)3-11-1-4(2-11)5(10)12/h4H,1-3H2,(H2,10,12). The van der Waals surface area contributed by atoms with Gasteiger partial charge in [0.25, 0.3) is 0 Å². The average molecular weight is 182 g/mol. The van der Waals surface area contributed by atoms with Crippen molar-refractivity contribution < 1.29 is 18.0 Å². The van der Waals surface area contributed by atoms with Crippen molar-refractivity contribution in [1.29, 1.82) is 0 Å². The Bertz CT molecular complexity index is 186. The molecule has 0 aromatic carbocycles. The van der Waals surface area contributed by atoms with Crippen LogP contribution in [-0.2, 0) is 4.79 Å². The molecular formula is C6H9F3N2O. The first-order chi connectivity index (χ1) is 5.38. The van der Waals surface area contributed by atoms with E-state index in [-0.39, 0.29) is 13.1 Å². The Morgan fingerprint density at radius 3 is 2.33 bits per heavy atom. The van der Waals surface area contributed by atoms with Crippen LogP contribution >= 0.6 is 0 Å². The van der Waals surface area contributed by atoms with Gasteiger partial charge in [-0.2, -0.15) is 13.2 Å². The molecule has 0 radical (unpaired) electrons. The summed E-state index contributed by atoms with van der Waals surface area (Å²) in [5.74, 6) is -0.916. The van der Waals surface area contributed by atoms with E-state index in [0.29, 0.717) is 0 Å². The van der Waals surface area contributed by atoms with Crippen molar-refractivity contribution in [2.45, 2.75) is 6.18 Å². The summed E-state index contributed by atoms with van der Waals surface area (Å²) in [6.45, 7) is -0.680. The maximum Gasteiger partial charge on any atom is 0.401 e. The van der Waals surface area contributed by atoms with Crippen molar-refractivity contribution in [2.75, 3.05) is 19.6 Å². The molecule has 0 saturated carbocycles. The van der Waals surface area contributed by atoms with Crippen LogP contribution in [0.4, 0.5) is 13.2 Å².